The SMILES string of the molecule is CCC.CCC.O=C(Nc1ccc2cnccc2c1)c1ccc(N2CCCS2=O)cc1. The van der Waals surface area contributed by atoms with Crippen LogP contribution in [-0.4, -0.2) is 27.4 Å². The van der Waals surface area contributed by atoms with E-state index in [2.05, 4.69) is 38.0 Å². The molecule has 1 aliphatic heterocycles. The van der Waals surface area contributed by atoms with Gasteiger partial charge in [0, 0.05) is 47.0 Å². The summed E-state index contributed by atoms with van der Waals surface area (Å²) < 4.78 is 13.8. The van der Waals surface area contributed by atoms with Crippen LogP contribution < -0.4 is 9.62 Å². The number of hydrogen-bond donors (Lipinski definition) is 1. The largest absolute Gasteiger partial charge is 0.322 e. The number of hydrogen-bond acceptors (Lipinski definition) is 3. The summed E-state index contributed by atoms with van der Waals surface area (Å²) in [6.45, 7) is 9.30. The van der Waals surface area contributed by atoms with Crippen molar-refractivity contribution in [3.8, 4) is 0 Å². The Kier molecular flexibility index (Phi) is 10.2. The standard InChI is InChI=1S/C19H17N3O2S.2C3H8/c23-19(21-17-5-2-16-13-20-9-8-15(16)12-17)14-3-6-18(7-4-14)22-10-1-11-25(22)24;2*1-3-2/h2-9,12-13H,1,10-11H2,(H,21,23);2*3H2,1-2H3. The number of nitrogens with zero attached hydrogens (tertiary/aromatic N) is 2. The summed E-state index contributed by atoms with van der Waals surface area (Å²) in [5.74, 6) is 0.544. The van der Waals surface area contributed by atoms with E-state index in [9.17, 15) is 9.00 Å². The van der Waals surface area contributed by atoms with Gasteiger partial charge in [-0.3, -0.25) is 14.1 Å². The molecule has 0 bridgehead atoms. The predicted octanol–water partition coefficient (Wildman–Crippen LogP) is 6.19. The van der Waals surface area contributed by atoms with Gasteiger partial charge in [0.25, 0.3) is 5.91 Å². The third kappa shape index (κ3) is 7.17. The Labute approximate surface area is 188 Å². The Morgan fingerprint density at radius 3 is 2.29 bits per heavy atom. The van der Waals surface area contributed by atoms with Crippen molar-refractivity contribution in [3.63, 3.8) is 0 Å². The molecule has 0 saturated carbocycles. The molecular weight excluding hydrogens is 406 g/mol. The zero-order valence-corrected chi connectivity index (χ0v) is 19.7. The van der Waals surface area contributed by atoms with Crippen molar-refractivity contribution in [2.24, 2.45) is 0 Å². The maximum atomic E-state index is 12.5. The van der Waals surface area contributed by atoms with E-state index in [1.54, 1.807) is 24.5 Å². The molecule has 166 valence electrons. The molecule has 1 aromatic heterocycles. The van der Waals surface area contributed by atoms with E-state index in [-0.39, 0.29) is 5.91 Å². The Hall–Kier alpha value is -2.73. The van der Waals surface area contributed by atoms with E-state index in [0.717, 1.165) is 35.1 Å². The van der Waals surface area contributed by atoms with Crippen LogP contribution in [0, 0.1) is 0 Å². The summed E-state index contributed by atoms with van der Waals surface area (Å²) in [5.41, 5.74) is 2.21. The fraction of sp³-hybridized carbons (Fsp3) is 0.360. The average Bonchev–Trinajstić information content (AvgIpc) is 3.21. The molecule has 1 amide bonds. The van der Waals surface area contributed by atoms with Crippen molar-refractivity contribution in [1.82, 2.24) is 4.98 Å². The smallest absolute Gasteiger partial charge is 0.255 e. The van der Waals surface area contributed by atoms with Crippen molar-refractivity contribution >= 4 is 39.0 Å². The van der Waals surface area contributed by atoms with Gasteiger partial charge in [0.05, 0.1) is 0 Å². The van der Waals surface area contributed by atoms with Gasteiger partial charge in [0.2, 0.25) is 0 Å². The van der Waals surface area contributed by atoms with E-state index in [1.807, 2.05) is 40.7 Å². The molecule has 0 radical (unpaired) electrons. The quantitative estimate of drug-likeness (QED) is 0.529. The predicted molar refractivity (Wildman–Crippen MR) is 133 cm³/mol. The fourth-order valence-electron chi connectivity index (χ4n) is 2.93. The van der Waals surface area contributed by atoms with Gasteiger partial charge < -0.3 is 5.32 Å². The molecule has 0 aliphatic carbocycles. The van der Waals surface area contributed by atoms with Crippen LogP contribution in [-0.2, 0) is 11.0 Å². The second-order valence-electron chi connectivity index (χ2n) is 7.33. The first-order chi connectivity index (χ1) is 15.0. The van der Waals surface area contributed by atoms with Crippen molar-refractivity contribution in [3.05, 3.63) is 66.5 Å². The highest BCUT2D eigenvalue weighted by molar-refractivity contribution is 7.86. The van der Waals surface area contributed by atoms with Gasteiger partial charge in [-0.15, -0.1) is 0 Å². The second kappa shape index (κ2) is 12.8. The summed E-state index contributed by atoms with van der Waals surface area (Å²) in [6, 6.07) is 14.9. The molecule has 1 fully saturated rings. The van der Waals surface area contributed by atoms with Gasteiger partial charge in [0.1, 0.15) is 11.0 Å². The van der Waals surface area contributed by atoms with Crippen molar-refractivity contribution in [2.75, 3.05) is 21.9 Å². The number of benzene rings is 2. The topological polar surface area (TPSA) is 62.3 Å². The molecule has 1 N–H and O–H groups in total. The molecule has 4 rings (SSSR count). The first kappa shape index (κ1) is 24.5. The zero-order chi connectivity index (χ0) is 22.6. The number of carbonyl (C=O) groups is 1. The minimum absolute atomic E-state index is 0.164. The number of carbonyl (C=O) groups excluding carboxylic acids is 1. The highest BCUT2D eigenvalue weighted by atomic mass is 32.2. The molecule has 3 aromatic rings. The summed E-state index contributed by atoms with van der Waals surface area (Å²) in [6.07, 6.45) is 6.96. The third-order valence-corrected chi connectivity index (χ3v) is 5.76. The summed E-state index contributed by atoms with van der Waals surface area (Å²) in [7, 11) is -0.946. The normalized spacial score (nSPS) is 14.8. The van der Waals surface area contributed by atoms with Crippen LogP contribution in [0.1, 0.15) is 57.3 Å². The Morgan fingerprint density at radius 1 is 1.00 bits per heavy atom. The molecule has 0 spiro atoms. The van der Waals surface area contributed by atoms with Crippen LogP contribution in [0.15, 0.2) is 60.9 Å². The summed E-state index contributed by atoms with van der Waals surface area (Å²) >= 11 is 0. The Morgan fingerprint density at radius 2 is 1.68 bits per heavy atom. The fourth-order valence-corrected chi connectivity index (χ4v) is 4.22. The first-order valence-corrected chi connectivity index (χ1v) is 12.2. The molecule has 2 heterocycles. The average molecular weight is 440 g/mol. The van der Waals surface area contributed by atoms with Gasteiger partial charge >= 0.3 is 0 Å². The summed E-state index contributed by atoms with van der Waals surface area (Å²) in [4.78, 5) is 16.5. The number of rotatable bonds is 3. The molecule has 2 aromatic carbocycles. The van der Waals surface area contributed by atoms with Gasteiger partial charge in [-0.1, -0.05) is 46.6 Å². The second-order valence-corrected chi connectivity index (χ2v) is 8.83. The van der Waals surface area contributed by atoms with E-state index in [0.29, 0.717) is 11.3 Å². The molecule has 5 nitrogen and oxygen atoms in total. The lowest BCUT2D eigenvalue weighted by Crippen LogP contribution is -2.19. The van der Waals surface area contributed by atoms with E-state index < -0.39 is 11.0 Å². The lowest BCUT2D eigenvalue weighted by Gasteiger charge is -2.16. The van der Waals surface area contributed by atoms with E-state index >= 15 is 0 Å². The molecule has 1 atom stereocenters. The number of pyridine rings is 1. The molecular formula is C25H33N3O2S. The van der Waals surface area contributed by atoms with Crippen LogP contribution >= 0.6 is 0 Å². The maximum absolute atomic E-state index is 12.5. The minimum Gasteiger partial charge on any atom is -0.322 e. The minimum atomic E-state index is -0.946. The highest BCUT2D eigenvalue weighted by Crippen LogP contribution is 2.23. The first-order valence-electron chi connectivity index (χ1n) is 10.9. The summed E-state index contributed by atoms with van der Waals surface area (Å²) in [5, 5.41) is 4.97. The number of aromatic nitrogens is 1. The van der Waals surface area contributed by atoms with Gasteiger partial charge in [-0.25, -0.2) is 4.21 Å². The van der Waals surface area contributed by atoms with Crippen LogP contribution in [0.5, 0.6) is 0 Å². The van der Waals surface area contributed by atoms with Crippen LogP contribution in [0.4, 0.5) is 11.4 Å². The number of fused-ring (bicyclic) bond motifs is 1. The van der Waals surface area contributed by atoms with E-state index in [1.165, 1.54) is 12.8 Å². The van der Waals surface area contributed by atoms with Crippen molar-refractivity contribution in [1.29, 1.82) is 0 Å². The lowest BCUT2D eigenvalue weighted by molar-refractivity contribution is 0.102. The molecule has 1 aliphatic rings. The van der Waals surface area contributed by atoms with E-state index in [4.69, 9.17) is 0 Å². The maximum Gasteiger partial charge on any atom is 0.255 e. The zero-order valence-electron chi connectivity index (χ0n) is 18.9. The highest BCUT2D eigenvalue weighted by Gasteiger charge is 2.20. The molecule has 1 unspecified atom stereocenters. The van der Waals surface area contributed by atoms with Gasteiger partial charge in [-0.2, -0.15) is 0 Å². The molecule has 31 heavy (non-hydrogen) atoms. The number of nitrogens with one attached hydrogen (secondary N) is 1. The Balaban J connectivity index is 0.000000513. The van der Waals surface area contributed by atoms with Crippen molar-refractivity contribution in [2.45, 2.75) is 47.0 Å². The lowest BCUT2D eigenvalue weighted by atomic mass is 10.1. The number of anilines is 2. The van der Waals surface area contributed by atoms with Crippen molar-refractivity contribution < 1.29 is 9.00 Å². The van der Waals surface area contributed by atoms with Crippen LogP contribution in [0.25, 0.3) is 10.8 Å². The van der Waals surface area contributed by atoms with Gasteiger partial charge in [0.15, 0.2) is 0 Å². The molecule has 6 heteroatoms. The Bertz CT molecular complexity index is 987. The monoisotopic (exact) mass is 439 g/mol. The van der Waals surface area contributed by atoms with Crippen LogP contribution in [0.3, 0.4) is 0 Å². The molecule has 1 saturated heterocycles. The number of amides is 1. The third-order valence-electron chi connectivity index (χ3n) is 4.24. The van der Waals surface area contributed by atoms with Gasteiger partial charge in [-0.05, 0) is 54.3 Å². The van der Waals surface area contributed by atoms with Crippen LogP contribution in [0.2, 0.25) is 0 Å².